The third-order valence-electron chi connectivity index (χ3n) is 5.48. The molecule has 1 aliphatic heterocycles. The van der Waals surface area contributed by atoms with E-state index in [1.165, 1.54) is 4.90 Å². The van der Waals surface area contributed by atoms with Gasteiger partial charge in [-0.15, -0.1) is 0 Å². The molecule has 24 heavy (non-hydrogen) atoms. The molecule has 1 saturated heterocycles. The van der Waals surface area contributed by atoms with Crippen LogP contribution in [0.4, 0.5) is 0 Å². The molecular weight excluding hydrogens is 304 g/mol. The third-order valence-corrected chi connectivity index (χ3v) is 5.48. The van der Waals surface area contributed by atoms with Gasteiger partial charge in [-0.3, -0.25) is 19.3 Å². The van der Waals surface area contributed by atoms with Crippen molar-refractivity contribution in [2.45, 2.75) is 38.6 Å². The van der Waals surface area contributed by atoms with Crippen molar-refractivity contribution in [1.29, 1.82) is 0 Å². The highest BCUT2D eigenvalue weighted by molar-refractivity contribution is 6.07. The summed E-state index contributed by atoms with van der Waals surface area (Å²) in [5.41, 5.74) is 1.03. The lowest BCUT2D eigenvalue weighted by Gasteiger charge is -2.27. The molecule has 0 radical (unpaired) electrons. The zero-order valence-electron chi connectivity index (χ0n) is 14.3. The second-order valence-corrected chi connectivity index (χ2v) is 6.85. The van der Waals surface area contributed by atoms with Gasteiger partial charge in [-0.1, -0.05) is 43.2 Å². The van der Waals surface area contributed by atoms with E-state index in [0.717, 1.165) is 31.2 Å². The van der Waals surface area contributed by atoms with Gasteiger partial charge >= 0.3 is 0 Å². The summed E-state index contributed by atoms with van der Waals surface area (Å²) in [7, 11) is 1.72. The summed E-state index contributed by atoms with van der Waals surface area (Å²) in [4.78, 5) is 40.4. The van der Waals surface area contributed by atoms with Crippen molar-refractivity contribution in [2.75, 3.05) is 13.6 Å². The van der Waals surface area contributed by atoms with Gasteiger partial charge in [0.25, 0.3) is 0 Å². The van der Waals surface area contributed by atoms with Gasteiger partial charge < -0.3 is 4.90 Å². The van der Waals surface area contributed by atoms with E-state index in [2.05, 4.69) is 0 Å². The van der Waals surface area contributed by atoms with Crippen molar-refractivity contribution < 1.29 is 14.4 Å². The number of carbonyl (C=O) groups excluding carboxylic acids is 3. The highest BCUT2D eigenvalue weighted by atomic mass is 16.2. The highest BCUT2D eigenvalue weighted by Gasteiger charge is 2.48. The van der Waals surface area contributed by atoms with Crippen molar-refractivity contribution in [1.82, 2.24) is 9.80 Å². The SMILES string of the molecule is CC(c1ccccc1)N(C)C(=O)CN1C(=O)C2CCCCC2C1=O. The highest BCUT2D eigenvalue weighted by Crippen LogP contribution is 2.38. The summed E-state index contributed by atoms with van der Waals surface area (Å²) in [6.45, 7) is 1.80. The van der Waals surface area contributed by atoms with E-state index in [-0.39, 0.29) is 42.1 Å². The fourth-order valence-electron chi connectivity index (χ4n) is 3.80. The Bertz CT molecular complexity index is 619. The predicted molar refractivity (Wildman–Crippen MR) is 89.8 cm³/mol. The molecule has 3 amide bonds. The third kappa shape index (κ3) is 2.95. The Kier molecular flexibility index (Phi) is 4.69. The average molecular weight is 328 g/mol. The lowest BCUT2D eigenvalue weighted by molar-refractivity contribution is -0.146. The molecule has 3 rings (SSSR count). The van der Waals surface area contributed by atoms with E-state index in [9.17, 15) is 14.4 Å². The number of carbonyl (C=O) groups is 3. The first-order valence-electron chi connectivity index (χ1n) is 8.66. The van der Waals surface area contributed by atoms with Gasteiger partial charge in [-0.25, -0.2) is 0 Å². The molecule has 0 aromatic heterocycles. The number of imide groups is 1. The normalized spacial score (nSPS) is 24.7. The monoisotopic (exact) mass is 328 g/mol. The maximum absolute atomic E-state index is 12.6. The number of benzene rings is 1. The van der Waals surface area contributed by atoms with Crippen LogP contribution in [0.15, 0.2) is 30.3 Å². The summed E-state index contributed by atoms with van der Waals surface area (Å²) < 4.78 is 0. The van der Waals surface area contributed by atoms with Crippen LogP contribution < -0.4 is 0 Å². The van der Waals surface area contributed by atoms with E-state index in [0.29, 0.717) is 0 Å². The van der Waals surface area contributed by atoms with Gasteiger partial charge in [0.2, 0.25) is 17.7 Å². The largest absolute Gasteiger partial charge is 0.337 e. The molecule has 2 aliphatic rings. The fraction of sp³-hybridized carbons (Fsp3) is 0.526. The minimum atomic E-state index is -0.202. The summed E-state index contributed by atoms with van der Waals surface area (Å²) in [6, 6.07) is 9.63. The van der Waals surface area contributed by atoms with Crippen molar-refractivity contribution in [2.24, 2.45) is 11.8 Å². The van der Waals surface area contributed by atoms with Gasteiger partial charge in [0, 0.05) is 7.05 Å². The number of likely N-dealkylation sites (N-methyl/N-ethyl adjacent to an activating group) is 1. The Morgan fingerprint density at radius 1 is 1.12 bits per heavy atom. The number of likely N-dealkylation sites (tertiary alicyclic amines) is 1. The van der Waals surface area contributed by atoms with Crippen LogP contribution in [0.25, 0.3) is 0 Å². The molecule has 5 nitrogen and oxygen atoms in total. The minimum absolute atomic E-state index is 0.103. The fourth-order valence-corrected chi connectivity index (χ4v) is 3.80. The first-order valence-corrected chi connectivity index (χ1v) is 8.66. The average Bonchev–Trinajstić information content (AvgIpc) is 2.86. The van der Waals surface area contributed by atoms with Gasteiger partial charge in [0.05, 0.1) is 17.9 Å². The van der Waals surface area contributed by atoms with E-state index >= 15 is 0 Å². The van der Waals surface area contributed by atoms with Crippen LogP contribution >= 0.6 is 0 Å². The molecule has 1 aromatic carbocycles. The number of hydrogen-bond donors (Lipinski definition) is 0. The van der Waals surface area contributed by atoms with Crippen molar-refractivity contribution in [3.8, 4) is 0 Å². The molecule has 1 aliphatic carbocycles. The quantitative estimate of drug-likeness (QED) is 0.798. The summed E-state index contributed by atoms with van der Waals surface area (Å²) in [5.74, 6) is -0.906. The summed E-state index contributed by atoms with van der Waals surface area (Å²) in [6.07, 6.45) is 3.53. The maximum Gasteiger partial charge on any atom is 0.242 e. The Labute approximate surface area is 142 Å². The second-order valence-electron chi connectivity index (χ2n) is 6.85. The van der Waals surface area contributed by atoms with E-state index in [1.807, 2.05) is 37.3 Å². The van der Waals surface area contributed by atoms with E-state index in [4.69, 9.17) is 0 Å². The van der Waals surface area contributed by atoms with Gasteiger partial charge in [-0.2, -0.15) is 0 Å². The van der Waals surface area contributed by atoms with Crippen LogP contribution in [0.5, 0.6) is 0 Å². The molecule has 3 atom stereocenters. The zero-order valence-corrected chi connectivity index (χ0v) is 14.3. The van der Waals surface area contributed by atoms with E-state index < -0.39 is 0 Å². The van der Waals surface area contributed by atoms with Crippen LogP contribution in [-0.4, -0.2) is 41.1 Å². The molecule has 2 fully saturated rings. The lowest BCUT2D eigenvalue weighted by atomic mass is 9.81. The van der Waals surface area contributed by atoms with Crippen LogP contribution in [-0.2, 0) is 14.4 Å². The van der Waals surface area contributed by atoms with Crippen molar-refractivity contribution >= 4 is 17.7 Å². The molecule has 0 N–H and O–H groups in total. The maximum atomic E-state index is 12.6. The van der Waals surface area contributed by atoms with Gasteiger partial charge in [0.15, 0.2) is 0 Å². The number of nitrogens with zero attached hydrogens (tertiary/aromatic N) is 2. The minimum Gasteiger partial charge on any atom is -0.337 e. The predicted octanol–water partition coefficient (Wildman–Crippen LogP) is 2.38. The first kappa shape index (κ1) is 16.7. The molecular formula is C19H24N2O3. The lowest BCUT2D eigenvalue weighted by Crippen LogP contribution is -2.42. The molecule has 3 unspecified atom stereocenters. The Morgan fingerprint density at radius 3 is 2.21 bits per heavy atom. The van der Waals surface area contributed by atoms with Crippen LogP contribution in [0.3, 0.4) is 0 Å². The zero-order chi connectivity index (χ0) is 17.3. The molecule has 0 spiro atoms. The Morgan fingerprint density at radius 2 is 1.67 bits per heavy atom. The molecule has 128 valence electrons. The van der Waals surface area contributed by atoms with Crippen molar-refractivity contribution in [3.05, 3.63) is 35.9 Å². The smallest absolute Gasteiger partial charge is 0.242 e. The molecule has 5 heteroatoms. The summed E-state index contributed by atoms with van der Waals surface area (Å²) in [5, 5.41) is 0. The number of rotatable bonds is 4. The number of amides is 3. The molecule has 1 aromatic rings. The Balaban J connectivity index is 1.68. The van der Waals surface area contributed by atoms with Crippen LogP contribution in [0, 0.1) is 11.8 Å². The molecule has 1 heterocycles. The van der Waals surface area contributed by atoms with Crippen molar-refractivity contribution in [3.63, 3.8) is 0 Å². The Hall–Kier alpha value is -2.17. The summed E-state index contributed by atoms with van der Waals surface area (Å²) >= 11 is 0. The van der Waals surface area contributed by atoms with E-state index in [1.54, 1.807) is 11.9 Å². The standard InChI is InChI=1S/C19H24N2O3/c1-13(14-8-4-3-5-9-14)20(2)17(22)12-21-18(23)15-10-6-7-11-16(15)19(21)24/h3-5,8-9,13,15-16H,6-7,10-12H2,1-2H3. The first-order chi connectivity index (χ1) is 11.5. The number of hydrogen-bond acceptors (Lipinski definition) is 3. The van der Waals surface area contributed by atoms with Crippen LogP contribution in [0.1, 0.15) is 44.2 Å². The van der Waals surface area contributed by atoms with Crippen LogP contribution in [0.2, 0.25) is 0 Å². The molecule has 0 bridgehead atoms. The van der Waals surface area contributed by atoms with Gasteiger partial charge in [0.1, 0.15) is 6.54 Å². The topological polar surface area (TPSA) is 57.7 Å². The van der Waals surface area contributed by atoms with Gasteiger partial charge in [-0.05, 0) is 25.3 Å². The molecule has 1 saturated carbocycles. The second kappa shape index (κ2) is 6.75. The number of fused-ring (bicyclic) bond motifs is 1.